The molecule has 0 aliphatic carbocycles. The second-order valence-corrected chi connectivity index (χ2v) is 5.90. The summed E-state index contributed by atoms with van der Waals surface area (Å²) < 4.78 is 5.82. The van der Waals surface area contributed by atoms with Crippen molar-refractivity contribution in [3.8, 4) is 5.75 Å². The maximum atomic E-state index is 10.9. The predicted octanol–water partition coefficient (Wildman–Crippen LogP) is 4.04. The van der Waals surface area contributed by atoms with Crippen molar-refractivity contribution < 1.29 is 9.53 Å². The van der Waals surface area contributed by atoms with Gasteiger partial charge in [-0.1, -0.05) is 38.5 Å². The van der Waals surface area contributed by atoms with E-state index < -0.39 is 0 Å². The maximum Gasteiger partial charge on any atom is 0.129 e. The number of aryl methyl sites for hydroxylation is 1. The van der Waals surface area contributed by atoms with E-state index in [2.05, 4.69) is 39.8 Å². The van der Waals surface area contributed by atoms with Crippen molar-refractivity contribution in [2.24, 2.45) is 0 Å². The predicted molar refractivity (Wildman–Crippen MR) is 75.3 cm³/mol. The van der Waals surface area contributed by atoms with Crippen LogP contribution in [0.15, 0.2) is 18.2 Å². The number of Topliss-reactive ketones (excluding diaryl/α,β-unsaturated/α-hetero) is 1. The molecule has 18 heavy (non-hydrogen) atoms. The van der Waals surface area contributed by atoms with Crippen LogP contribution in [-0.4, -0.2) is 12.4 Å². The molecular formula is C16H24O2. The first-order valence-corrected chi connectivity index (χ1v) is 6.54. The maximum absolute atomic E-state index is 10.9. The lowest BCUT2D eigenvalue weighted by atomic mass is 9.85. The number of hydrogen-bond acceptors (Lipinski definition) is 2. The summed E-state index contributed by atoms with van der Waals surface area (Å²) in [4.78, 5) is 10.9. The average molecular weight is 248 g/mol. The van der Waals surface area contributed by atoms with Crippen molar-refractivity contribution in [1.82, 2.24) is 0 Å². The van der Waals surface area contributed by atoms with Gasteiger partial charge in [0.05, 0.1) is 6.61 Å². The van der Waals surface area contributed by atoms with Gasteiger partial charge in [-0.05, 0) is 37.3 Å². The van der Waals surface area contributed by atoms with Gasteiger partial charge in [0.25, 0.3) is 0 Å². The zero-order chi connectivity index (χ0) is 13.8. The Hall–Kier alpha value is -1.31. The lowest BCUT2D eigenvalue weighted by molar-refractivity contribution is -0.117. The van der Waals surface area contributed by atoms with Crippen LogP contribution in [-0.2, 0) is 10.2 Å². The smallest absolute Gasteiger partial charge is 0.129 e. The van der Waals surface area contributed by atoms with Crippen LogP contribution in [0.5, 0.6) is 5.75 Å². The molecule has 1 aromatic carbocycles. The molecule has 0 aliphatic rings. The van der Waals surface area contributed by atoms with E-state index in [-0.39, 0.29) is 11.2 Å². The minimum atomic E-state index is 0.0714. The van der Waals surface area contributed by atoms with Crippen molar-refractivity contribution in [1.29, 1.82) is 0 Å². The van der Waals surface area contributed by atoms with Crippen LogP contribution in [0.1, 0.15) is 51.7 Å². The van der Waals surface area contributed by atoms with Crippen LogP contribution in [0, 0.1) is 6.92 Å². The highest BCUT2D eigenvalue weighted by Crippen LogP contribution is 2.32. The van der Waals surface area contributed by atoms with Crippen molar-refractivity contribution in [2.75, 3.05) is 6.61 Å². The topological polar surface area (TPSA) is 26.3 Å². The molecule has 1 rings (SSSR count). The Morgan fingerprint density at radius 3 is 2.50 bits per heavy atom. The van der Waals surface area contributed by atoms with Crippen LogP contribution in [0.25, 0.3) is 0 Å². The number of rotatable bonds is 5. The number of ketones is 1. The SMILES string of the molecule is CC(=O)CCCOc1ccc(C)cc1C(C)(C)C. The second kappa shape index (κ2) is 6.03. The van der Waals surface area contributed by atoms with Crippen molar-refractivity contribution in [2.45, 2.75) is 52.9 Å². The van der Waals surface area contributed by atoms with Crippen LogP contribution in [0.4, 0.5) is 0 Å². The number of benzene rings is 1. The highest BCUT2D eigenvalue weighted by molar-refractivity contribution is 5.75. The molecule has 0 unspecified atom stereocenters. The number of hydrogen-bond donors (Lipinski definition) is 0. The molecule has 0 aliphatic heterocycles. The Morgan fingerprint density at radius 1 is 1.28 bits per heavy atom. The third-order valence-electron chi connectivity index (χ3n) is 2.87. The molecule has 0 fully saturated rings. The van der Waals surface area contributed by atoms with E-state index in [0.717, 1.165) is 12.2 Å². The summed E-state index contributed by atoms with van der Waals surface area (Å²) in [7, 11) is 0. The number of carbonyl (C=O) groups is 1. The minimum Gasteiger partial charge on any atom is -0.493 e. The van der Waals surface area contributed by atoms with Gasteiger partial charge in [0, 0.05) is 6.42 Å². The lowest BCUT2D eigenvalue weighted by Crippen LogP contribution is -2.14. The van der Waals surface area contributed by atoms with E-state index in [4.69, 9.17) is 4.74 Å². The fourth-order valence-electron chi connectivity index (χ4n) is 1.86. The third kappa shape index (κ3) is 4.52. The molecule has 2 heteroatoms. The van der Waals surface area contributed by atoms with E-state index in [1.54, 1.807) is 6.92 Å². The van der Waals surface area contributed by atoms with Gasteiger partial charge in [-0.15, -0.1) is 0 Å². The molecule has 100 valence electrons. The quantitative estimate of drug-likeness (QED) is 0.735. The summed E-state index contributed by atoms with van der Waals surface area (Å²) in [6, 6.07) is 6.28. The van der Waals surface area contributed by atoms with Gasteiger partial charge in [0.2, 0.25) is 0 Å². The monoisotopic (exact) mass is 248 g/mol. The summed E-state index contributed by atoms with van der Waals surface area (Å²) in [5, 5.41) is 0. The Kier molecular flexibility index (Phi) is 4.94. The second-order valence-electron chi connectivity index (χ2n) is 5.90. The van der Waals surface area contributed by atoms with Crippen LogP contribution in [0.3, 0.4) is 0 Å². The van der Waals surface area contributed by atoms with Crippen molar-refractivity contribution in [3.05, 3.63) is 29.3 Å². The van der Waals surface area contributed by atoms with Crippen LogP contribution < -0.4 is 4.74 Å². The van der Waals surface area contributed by atoms with Gasteiger partial charge in [-0.3, -0.25) is 0 Å². The molecule has 0 spiro atoms. The fourth-order valence-corrected chi connectivity index (χ4v) is 1.86. The molecule has 0 bridgehead atoms. The standard InChI is InChI=1S/C16H24O2/c1-12-8-9-15(14(11-12)16(3,4)5)18-10-6-7-13(2)17/h8-9,11H,6-7,10H2,1-5H3. The summed E-state index contributed by atoms with van der Waals surface area (Å²) in [6.45, 7) is 10.9. The van der Waals surface area contributed by atoms with Gasteiger partial charge in [-0.25, -0.2) is 0 Å². The summed E-state index contributed by atoms with van der Waals surface area (Å²) in [5.74, 6) is 1.16. The van der Waals surface area contributed by atoms with Gasteiger partial charge in [0.1, 0.15) is 11.5 Å². The molecule has 0 atom stereocenters. The van der Waals surface area contributed by atoms with Gasteiger partial charge < -0.3 is 9.53 Å². The highest BCUT2D eigenvalue weighted by atomic mass is 16.5. The first-order chi connectivity index (χ1) is 8.30. The van der Waals surface area contributed by atoms with Gasteiger partial charge in [-0.2, -0.15) is 0 Å². The molecule has 0 heterocycles. The first kappa shape index (κ1) is 14.7. The minimum absolute atomic E-state index is 0.0714. The largest absolute Gasteiger partial charge is 0.493 e. The van der Waals surface area contributed by atoms with Gasteiger partial charge in [0.15, 0.2) is 0 Å². The van der Waals surface area contributed by atoms with Crippen molar-refractivity contribution in [3.63, 3.8) is 0 Å². The van der Waals surface area contributed by atoms with E-state index >= 15 is 0 Å². The summed E-state index contributed by atoms with van der Waals surface area (Å²) in [5.41, 5.74) is 2.54. The van der Waals surface area contributed by atoms with E-state index in [0.29, 0.717) is 13.0 Å². The summed E-state index contributed by atoms with van der Waals surface area (Å²) >= 11 is 0. The Bertz CT molecular complexity index is 414. The van der Waals surface area contributed by atoms with E-state index in [1.807, 2.05) is 6.07 Å². The van der Waals surface area contributed by atoms with Crippen LogP contribution >= 0.6 is 0 Å². The molecule has 0 N–H and O–H groups in total. The van der Waals surface area contributed by atoms with Crippen molar-refractivity contribution >= 4 is 5.78 Å². The molecular weight excluding hydrogens is 224 g/mol. The normalized spacial score (nSPS) is 11.4. The zero-order valence-electron chi connectivity index (χ0n) is 12.2. The molecule has 0 saturated carbocycles. The highest BCUT2D eigenvalue weighted by Gasteiger charge is 2.19. The Balaban J connectivity index is 2.73. The zero-order valence-corrected chi connectivity index (χ0v) is 12.2. The van der Waals surface area contributed by atoms with Gasteiger partial charge >= 0.3 is 0 Å². The molecule has 0 radical (unpaired) electrons. The molecule has 0 saturated heterocycles. The average Bonchev–Trinajstić information content (AvgIpc) is 2.24. The molecule has 2 nitrogen and oxygen atoms in total. The van der Waals surface area contributed by atoms with Crippen LogP contribution in [0.2, 0.25) is 0 Å². The first-order valence-electron chi connectivity index (χ1n) is 6.54. The third-order valence-corrected chi connectivity index (χ3v) is 2.87. The number of carbonyl (C=O) groups excluding carboxylic acids is 1. The molecule has 1 aromatic rings. The van der Waals surface area contributed by atoms with E-state index in [1.165, 1.54) is 11.1 Å². The lowest BCUT2D eigenvalue weighted by Gasteiger charge is -2.23. The van der Waals surface area contributed by atoms with E-state index in [9.17, 15) is 4.79 Å². The fraction of sp³-hybridized carbons (Fsp3) is 0.562. The molecule has 0 amide bonds. The molecule has 0 aromatic heterocycles. The summed E-state index contributed by atoms with van der Waals surface area (Å²) in [6.07, 6.45) is 1.38. The Morgan fingerprint density at radius 2 is 1.94 bits per heavy atom. The Labute approximate surface area is 110 Å². The number of ether oxygens (including phenoxy) is 1.